The van der Waals surface area contributed by atoms with Gasteiger partial charge in [-0.15, -0.1) is 0 Å². The molecule has 1 unspecified atom stereocenters. The smallest absolute Gasteiger partial charge is 0.315 e. The van der Waals surface area contributed by atoms with E-state index in [0.717, 1.165) is 12.8 Å². The summed E-state index contributed by atoms with van der Waals surface area (Å²) in [6, 6.07) is 1.41. The normalized spacial score (nSPS) is 11.8. The number of carbonyl (C=O) groups is 2. The molecular formula is C13H21N3O4. The van der Waals surface area contributed by atoms with Gasteiger partial charge in [-0.2, -0.15) is 0 Å². The van der Waals surface area contributed by atoms with Crippen molar-refractivity contribution in [3.63, 3.8) is 0 Å². The highest BCUT2D eigenvalue weighted by atomic mass is 16.5. The number of urea groups is 1. The van der Waals surface area contributed by atoms with E-state index in [0.29, 0.717) is 31.2 Å². The summed E-state index contributed by atoms with van der Waals surface area (Å²) in [5.74, 6) is 0.134. The van der Waals surface area contributed by atoms with Gasteiger partial charge < -0.3 is 20.3 Å². The molecule has 112 valence electrons. The first-order chi connectivity index (χ1) is 9.61. The highest BCUT2D eigenvalue weighted by Crippen LogP contribution is 2.14. The Kier molecular flexibility index (Phi) is 7.16. The second-order valence-electron chi connectivity index (χ2n) is 4.58. The number of hydrogen-bond acceptors (Lipinski definition) is 4. The maximum atomic E-state index is 11.5. The Morgan fingerprint density at radius 1 is 1.40 bits per heavy atom. The fraction of sp³-hybridized carbons (Fsp3) is 0.615. The zero-order chi connectivity index (χ0) is 14.8. The minimum absolute atomic E-state index is 0.177. The van der Waals surface area contributed by atoms with Crippen LogP contribution in [0, 0.1) is 5.92 Å². The summed E-state index contributed by atoms with van der Waals surface area (Å²) in [6.07, 6.45) is 4.03. The number of carbonyl (C=O) groups excluding carboxylic acids is 1. The predicted molar refractivity (Wildman–Crippen MR) is 72.0 cm³/mol. The van der Waals surface area contributed by atoms with Gasteiger partial charge in [0.25, 0.3) is 0 Å². The first-order valence-corrected chi connectivity index (χ1v) is 6.74. The van der Waals surface area contributed by atoms with E-state index >= 15 is 0 Å². The fourth-order valence-electron chi connectivity index (χ4n) is 1.83. The molecule has 0 spiro atoms. The minimum atomic E-state index is -0.777. The van der Waals surface area contributed by atoms with E-state index in [4.69, 9.17) is 9.63 Å². The van der Waals surface area contributed by atoms with E-state index in [2.05, 4.69) is 15.8 Å². The maximum Gasteiger partial charge on any atom is 0.315 e. The van der Waals surface area contributed by atoms with Crippen molar-refractivity contribution in [2.45, 2.75) is 39.2 Å². The number of nitrogens with one attached hydrogen (secondary N) is 2. The number of aromatic nitrogens is 1. The molecule has 0 saturated carbocycles. The van der Waals surface area contributed by atoms with Crippen LogP contribution in [0.15, 0.2) is 16.8 Å². The first kappa shape index (κ1) is 16.0. The Hall–Kier alpha value is -2.05. The number of carboxylic acids is 1. The first-order valence-electron chi connectivity index (χ1n) is 6.74. The van der Waals surface area contributed by atoms with E-state index in [1.54, 1.807) is 6.07 Å². The van der Waals surface area contributed by atoms with Gasteiger partial charge in [-0.1, -0.05) is 18.5 Å². The third kappa shape index (κ3) is 6.77. The number of rotatable bonds is 9. The number of carboxylic acid groups (broad SMARTS) is 1. The molecule has 0 aliphatic rings. The topological polar surface area (TPSA) is 104 Å². The van der Waals surface area contributed by atoms with E-state index < -0.39 is 5.97 Å². The lowest BCUT2D eigenvalue weighted by atomic mass is 9.97. The van der Waals surface area contributed by atoms with Crippen molar-refractivity contribution < 1.29 is 19.2 Å². The molecule has 3 N–H and O–H groups in total. The summed E-state index contributed by atoms with van der Waals surface area (Å²) in [6.45, 7) is 2.85. The van der Waals surface area contributed by atoms with Crippen molar-refractivity contribution in [1.29, 1.82) is 0 Å². The van der Waals surface area contributed by atoms with Crippen LogP contribution >= 0.6 is 0 Å². The molecule has 0 aromatic carbocycles. The van der Waals surface area contributed by atoms with Crippen LogP contribution in [0.3, 0.4) is 0 Å². The summed E-state index contributed by atoms with van der Waals surface area (Å²) in [5, 5.41) is 17.6. The van der Waals surface area contributed by atoms with Crippen molar-refractivity contribution in [3.05, 3.63) is 18.0 Å². The fourth-order valence-corrected chi connectivity index (χ4v) is 1.83. The Balaban J connectivity index is 2.11. The molecule has 0 fully saturated rings. The second kappa shape index (κ2) is 8.95. The van der Waals surface area contributed by atoms with Gasteiger partial charge in [0.05, 0.1) is 12.7 Å². The summed E-state index contributed by atoms with van der Waals surface area (Å²) in [7, 11) is 0. The Labute approximate surface area is 117 Å². The standard InChI is InChI=1S/C13H21N3O4/c1-2-10(3-4-12(17)18)5-7-14-13(19)15-9-11-6-8-16-20-11/h6,8,10H,2-5,7,9H2,1H3,(H,17,18)(H2,14,15,19). The highest BCUT2D eigenvalue weighted by molar-refractivity contribution is 5.73. The van der Waals surface area contributed by atoms with Gasteiger partial charge in [0.15, 0.2) is 5.76 Å². The lowest BCUT2D eigenvalue weighted by Crippen LogP contribution is -2.36. The van der Waals surface area contributed by atoms with Crippen LogP contribution in [0.4, 0.5) is 4.79 Å². The maximum absolute atomic E-state index is 11.5. The highest BCUT2D eigenvalue weighted by Gasteiger charge is 2.09. The van der Waals surface area contributed by atoms with E-state index in [1.807, 2.05) is 6.92 Å². The van der Waals surface area contributed by atoms with Crippen molar-refractivity contribution in [2.75, 3.05) is 6.54 Å². The van der Waals surface area contributed by atoms with Crippen LogP contribution in [-0.4, -0.2) is 28.8 Å². The number of aliphatic carboxylic acids is 1. The summed E-state index contributed by atoms with van der Waals surface area (Å²) in [4.78, 5) is 22.0. The number of amides is 2. The van der Waals surface area contributed by atoms with Crippen LogP contribution in [0.5, 0.6) is 0 Å². The molecule has 20 heavy (non-hydrogen) atoms. The van der Waals surface area contributed by atoms with Crippen LogP contribution < -0.4 is 10.6 Å². The molecule has 0 aliphatic heterocycles. The van der Waals surface area contributed by atoms with Crippen molar-refractivity contribution in [1.82, 2.24) is 15.8 Å². The van der Waals surface area contributed by atoms with Crippen molar-refractivity contribution in [3.8, 4) is 0 Å². The van der Waals surface area contributed by atoms with E-state index in [9.17, 15) is 9.59 Å². The molecule has 1 rings (SSSR count). The molecule has 1 aromatic heterocycles. The van der Waals surface area contributed by atoms with Crippen LogP contribution in [-0.2, 0) is 11.3 Å². The third-order valence-corrected chi connectivity index (χ3v) is 3.10. The van der Waals surface area contributed by atoms with E-state index in [-0.39, 0.29) is 12.5 Å². The molecule has 0 aliphatic carbocycles. The Morgan fingerprint density at radius 2 is 2.20 bits per heavy atom. The van der Waals surface area contributed by atoms with E-state index in [1.165, 1.54) is 6.20 Å². The average Bonchev–Trinajstić information content (AvgIpc) is 2.93. The zero-order valence-corrected chi connectivity index (χ0v) is 11.6. The SMILES string of the molecule is CCC(CCNC(=O)NCc1ccno1)CCC(=O)O. The van der Waals surface area contributed by atoms with Gasteiger partial charge in [0.2, 0.25) is 0 Å². The van der Waals surface area contributed by atoms with Gasteiger partial charge in [-0.25, -0.2) is 4.79 Å². The van der Waals surface area contributed by atoms with Crippen LogP contribution in [0.25, 0.3) is 0 Å². The van der Waals surface area contributed by atoms with Gasteiger partial charge in [-0.05, 0) is 18.8 Å². The molecule has 2 amide bonds. The number of nitrogens with zero attached hydrogens (tertiary/aromatic N) is 1. The number of hydrogen-bond donors (Lipinski definition) is 3. The molecule has 7 heteroatoms. The predicted octanol–water partition coefficient (Wildman–Crippen LogP) is 1.75. The molecular weight excluding hydrogens is 262 g/mol. The van der Waals surface area contributed by atoms with Gasteiger partial charge in [0, 0.05) is 19.0 Å². The van der Waals surface area contributed by atoms with Crippen molar-refractivity contribution in [2.24, 2.45) is 5.92 Å². The largest absolute Gasteiger partial charge is 0.481 e. The Bertz CT molecular complexity index is 406. The Morgan fingerprint density at radius 3 is 2.80 bits per heavy atom. The van der Waals surface area contributed by atoms with Gasteiger partial charge in [-0.3, -0.25) is 4.79 Å². The quantitative estimate of drug-likeness (QED) is 0.640. The zero-order valence-electron chi connectivity index (χ0n) is 11.6. The molecule has 7 nitrogen and oxygen atoms in total. The summed E-state index contributed by atoms with van der Waals surface area (Å²) < 4.78 is 4.85. The lowest BCUT2D eigenvalue weighted by molar-refractivity contribution is -0.137. The van der Waals surface area contributed by atoms with Crippen LogP contribution in [0.2, 0.25) is 0 Å². The monoisotopic (exact) mass is 283 g/mol. The van der Waals surface area contributed by atoms with Gasteiger partial charge >= 0.3 is 12.0 Å². The third-order valence-electron chi connectivity index (χ3n) is 3.10. The molecule has 0 radical (unpaired) electrons. The van der Waals surface area contributed by atoms with Gasteiger partial charge in [0.1, 0.15) is 0 Å². The van der Waals surface area contributed by atoms with Crippen molar-refractivity contribution >= 4 is 12.0 Å². The lowest BCUT2D eigenvalue weighted by Gasteiger charge is -2.14. The average molecular weight is 283 g/mol. The molecule has 1 heterocycles. The summed E-state index contributed by atoms with van der Waals surface area (Å²) in [5.41, 5.74) is 0. The molecule has 0 saturated heterocycles. The molecule has 1 atom stereocenters. The van der Waals surface area contributed by atoms with Crippen LogP contribution in [0.1, 0.15) is 38.4 Å². The molecule has 1 aromatic rings. The summed E-state index contributed by atoms with van der Waals surface area (Å²) >= 11 is 0. The second-order valence-corrected chi connectivity index (χ2v) is 4.58. The molecule has 0 bridgehead atoms. The minimum Gasteiger partial charge on any atom is -0.481 e.